The van der Waals surface area contributed by atoms with Gasteiger partial charge in [0, 0.05) is 6.20 Å². The van der Waals surface area contributed by atoms with Gasteiger partial charge >= 0.3 is 5.97 Å². The van der Waals surface area contributed by atoms with E-state index >= 15 is 0 Å². The molecule has 0 aliphatic carbocycles. The number of carbonyl (C=O) groups excluding carboxylic acids is 1. The molecule has 0 aliphatic heterocycles. The number of hydrogen-bond acceptors (Lipinski definition) is 6. The van der Waals surface area contributed by atoms with Crippen molar-refractivity contribution in [2.75, 3.05) is 12.0 Å². The van der Waals surface area contributed by atoms with E-state index in [0.29, 0.717) is 5.16 Å². The molecule has 0 saturated carbocycles. The molecular weight excluding hydrogens is 226 g/mol. The van der Waals surface area contributed by atoms with E-state index in [1.54, 1.807) is 20.8 Å². The van der Waals surface area contributed by atoms with Crippen LogP contribution in [0.15, 0.2) is 11.4 Å². The number of nitrogens with zero attached hydrogens (tertiary/aromatic N) is 2. The fraction of sp³-hybridized carbons (Fsp3) is 0.500. The Balaban J connectivity index is 2.93. The summed E-state index contributed by atoms with van der Waals surface area (Å²) in [5, 5.41) is 0.532. The van der Waals surface area contributed by atoms with E-state index in [4.69, 9.17) is 10.5 Å². The van der Waals surface area contributed by atoms with Crippen LogP contribution in [0.4, 0.5) is 5.82 Å². The Morgan fingerprint density at radius 1 is 1.50 bits per heavy atom. The van der Waals surface area contributed by atoms with Crippen LogP contribution in [0.25, 0.3) is 0 Å². The highest BCUT2D eigenvalue weighted by Gasteiger charge is 2.20. The number of esters is 1. The largest absolute Gasteiger partial charge is 0.456 e. The Morgan fingerprint density at radius 3 is 2.56 bits per heavy atom. The summed E-state index contributed by atoms with van der Waals surface area (Å²) in [6, 6.07) is 0. The first-order valence-corrected chi connectivity index (χ1v) is 5.96. The molecule has 0 spiro atoms. The zero-order chi connectivity index (χ0) is 12.3. The van der Waals surface area contributed by atoms with Gasteiger partial charge in [0.25, 0.3) is 0 Å². The van der Waals surface area contributed by atoms with Gasteiger partial charge < -0.3 is 10.5 Å². The monoisotopic (exact) mass is 241 g/mol. The maximum atomic E-state index is 11.7. The van der Waals surface area contributed by atoms with E-state index < -0.39 is 11.6 Å². The van der Waals surface area contributed by atoms with Crippen molar-refractivity contribution in [3.05, 3.63) is 11.8 Å². The second-order valence-corrected chi connectivity index (χ2v) is 4.93. The molecule has 0 bridgehead atoms. The minimum atomic E-state index is -0.554. The third-order valence-corrected chi connectivity index (χ3v) is 2.16. The molecule has 0 radical (unpaired) electrons. The normalized spacial score (nSPS) is 11.2. The van der Waals surface area contributed by atoms with Crippen LogP contribution in [0.1, 0.15) is 31.1 Å². The molecule has 16 heavy (non-hydrogen) atoms. The van der Waals surface area contributed by atoms with Crippen molar-refractivity contribution in [3.63, 3.8) is 0 Å². The fourth-order valence-electron chi connectivity index (χ4n) is 0.967. The van der Waals surface area contributed by atoms with Gasteiger partial charge in [0.05, 0.1) is 0 Å². The van der Waals surface area contributed by atoms with Gasteiger partial charge in [-0.1, -0.05) is 11.8 Å². The summed E-state index contributed by atoms with van der Waals surface area (Å²) in [5.74, 6) is -0.355. The predicted molar refractivity (Wildman–Crippen MR) is 63.4 cm³/mol. The van der Waals surface area contributed by atoms with E-state index in [0.717, 1.165) is 0 Å². The number of hydrogen-bond donors (Lipinski definition) is 1. The lowest BCUT2D eigenvalue weighted by Crippen LogP contribution is -2.24. The number of ether oxygens (including phenoxy) is 1. The van der Waals surface area contributed by atoms with Crippen LogP contribution in [0, 0.1) is 0 Å². The van der Waals surface area contributed by atoms with Crippen LogP contribution >= 0.6 is 11.8 Å². The summed E-state index contributed by atoms with van der Waals surface area (Å²) in [5.41, 5.74) is 5.30. The van der Waals surface area contributed by atoms with Gasteiger partial charge in [-0.15, -0.1) is 0 Å². The number of carbonyl (C=O) groups is 1. The van der Waals surface area contributed by atoms with Crippen molar-refractivity contribution >= 4 is 23.5 Å². The summed E-state index contributed by atoms with van der Waals surface area (Å²) >= 11 is 1.36. The van der Waals surface area contributed by atoms with Gasteiger partial charge in [0.15, 0.2) is 5.16 Å². The standard InChI is InChI=1S/C10H15N3O2S/c1-10(2,3)15-8(14)6-5-12-9(16-4)13-7(6)11/h5H,1-4H3,(H2,11,12,13). The molecule has 0 amide bonds. The maximum absolute atomic E-state index is 11.7. The van der Waals surface area contributed by atoms with Gasteiger partial charge in [0.1, 0.15) is 17.0 Å². The lowest BCUT2D eigenvalue weighted by molar-refractivity contribution is 0.00698. The molecule has 2 N–H and O–H groups in total. The highest BCUT2D eigenvalue weighted by Crippen LogP contribution is 2.17. The Labute approximate surface area is 98.8 Å². The average molecular weight is 241 g/mol. The summed E-state index contributed by atoms with van der Waals surface area (Å²) in [6.07, 6.45) is 3.23. The van der Waals surface area contributed by atoms with Crippen LogP contribution in [-0.4, -0.2) is 27.8 Å². The first-order chi connectivity index (χ1) is 7.33. The third-order valence-electron chi connectivity index (χ3n) is 1.60. The lowest BCUT2D eigenvalue weighted by atomic mass is 10.2. The van der Waals surface area contributed by atoms with E-state index in [-0.39, 0.29) is 11.4 Å². The number of anilines is 1. The zero-order valence-electron chi connectivity index (χ0n) is 9.77. The Hall–Kier alpha value is -1.30. The molecule has 0 atom stereocenters. The Bertz CT molecular complexity index is 402. The second kappa shape index (κ2) is 4.69. The number of aromatic nitrogens is 2. The molecule has 1 heterocycles. The number of nitrogen functional groups attached to an aromatic ring is 1. The molecule has 88 valence electrons. The zero-order valence-corrected chi connectivity index (χ0v) is 10.6. The molecule has 1 aromatic rings. The van der Waals surface area contributed by atoms with Crippen LogP contribution in [0.5, 0.6) is 0 Å². The summed E-state index contributed by atoms with van der Waals surface area (Å²) < 4.78 is 5.17. The number of rotatable bonds is 2. The van der Waals surface area contributed by atoms with Gasteiger partial charge in [-0.05, 0) is 27.0 Å². The van der Waals surface area contributed by atoms with Gasteiger partial charge in [-0.3, -0.25) is 0 Å². The van der Waals surface area contributed by atoms with E-state index in [1.165, 1.54) is 18.0 Å². The Morgan fingerprint density at radius 2 is 2.12 bits per heavy atom. The second-order valence-electron chi connectivity index (χ2n) is 4.16. The van der Waals surface area contributed by atoms with Gasteiger partial charge in [0.2, 0.25) is 0 Å². The molecule has 0 saturated heterocycles. The van der Waals surface area contributed by atoms with Crippen molar-refractivity contribution in [3.8, 4) is 0 Å². The Kier molecular flexibility index (Phi) is 3.74. The topological polar surface area (TPSA) is 78.1 Å². The molecule has 0 fully saturated rings. The summed E-state index contributed by atoms with van der Waals surface area (Å²) in [4.78, 5) is 19.6. The first-order valence-electron chi connectivity index (χ1n) is 4.73. The molecule has 1 aromatic heterocycles. The third kappa shape index (κ3) is 3.37. The minimum Gasteiger partial charge on any atom is -0.456 e. The minimum absolute atomic E-state index is 0.147. The van der Waals surface area contributed by atoms with Crippen molar-refractivity contribution < 1.29 is 9.53 Å². The number of thioether (sulfide) groups is 1. The molecule has 6 heteroatoms. The molecule has 0 unspecified atom stereocenters. The molecule has 1 rings (SSSR count). The summed E-state index contributed by atoms with van der Waals surface area (Å²) in [7, 11) is 0. The van der Waals surface area contributed by atoms with E-state index in [9.17, 15) is 4.79 Å². The highest BCUT2D eigenvalue weighted by atomic mass is 32.2. The van der Waals surface area contributed by atoms with Crippen molar-refractivity contribution in [1.29, 1.82) is 0 Å². The molecule has 0 aromatic carbocycles. The fourth-order valence-corrected chi connectivity index (χ4v) is 1.31. The maximum Gasteiger partial charge on any atom is 0.344 e. The molecular formula is C10H15N3O2S. The van der Waals surface area contributed by atoms with Gasteiger partial charge in [-0.2, -0.15) is 0 Å². The smallest absolute Gasteiger partial charge is 0.344 e. The van der Waals surface area contributed by atoms with Crippen molar-refractivity contribution in [2.24, 2.45) is 0 Å². The number of nitrogens with two attached hydrogens (primary N) is 1. The predicted octanol–water partition coefficient (Wildman–Crippen LogP) is 1.74. The van der Waals surface area contributed by atoms with Gasteiger partial charge in [-0.25, -0.2) is 14.8 Å². The first kappa shape index (κ1) is 12.8. The highest BCUT2D eigenvalue weighted by molar-refractivity contribution is 7.98. The SMILES string of the molecule is CSc1ncc(C(=O)OC(C)(C)C)c(N)n1. The van der Waals surface area contributed by atoms with E-state index in [1.807, 2.05) is 6.26 Å². The molecule has 0 aliphatic rings. The quantitative estimate of drug-likeness (QED) is 0.482. The van der Waals surface area contributed by atoms with Crippen molar-refractivity contribution in [2.45, 2.75) is 31.5 Å². The van der Waals surface area contributed by atoms with Crippen LogP contribution in [0.3, 0.4) is 0 Å². The van der Waals surface area contributed by atoms with Crippen molar-refractivity contribution in [1.82, 2.24) is 9.97 Å². The summed E-state index contributed by atoms with van der Waals surface area (Å²) in [6.45, 7) is 5.37. The van der Waals surface area contributed by atoms with Crippen LogP contribution in [-0.2, 0) is 4.74 Å². The lowest BCUT2D eigenvalue weighted by Gasteiger charge is -2.19. The van der Waals surface area contributed by atoms with E-state index in [2.05, 4.69) is 9.97 Å². The molecule has 5 nitrogen and oxygen atoms in total. The van der Waals surface area contributed by atoms with Crippen LogP contribution < -0.4 is 5.73 Å². The average Bonchev–Trinajstić information content (AvgIpc) is 2.14. The van der Waals surface area contributed by atoms with Crippen LogP contribution in [0.2, 0.25) is 0 Å².